The Morgan fingerprint density at radius 1 is 0.625 bits per heavy atom. The van der Waals surface area contributed by atoms with E-state index in [0.717, 1.165) is 6.42 Å². The van der Waals surface area contributed by atoms with Crippen molar-refractivity contribution in [3.05, 3.63) is 160 Å². The van der Waals surface area contributed by atoms with Gasteiger partial charge in [-0.25, -0.2) is 0 Å². The van der Waals surface area contributed by atoms with E-state index in [1.54, 1.807) is 0 Å². The number of aryl methyl sites for hydroxylation is 2. The normalized spacial score (nSPS) is 19.2. The summed E-state index contributed by atoms with van der Waals surface area (Å²) >= 11 is 0. The first kappa shape index (κ1) is 22.2. The molecular weight excluding hydrogens is 480 g/mol. The fraction of sp³-hybridized carbons (Fsp3) is 0.100. The molecule has 0 saturated heterocycles. The minimum Gasteiger partial charge on any atom is -0.0795 e. The first-order valence-electron chi connectivity index (χ1n) is 14.4. The number of hydrogen-bond donors (Lipinski definition) is 0. The smallest absolute Gasteiger partial charge is 0.0354 e. The Kier molecular flexibility index (Phi) is 4.39. The Balaban J connectivity index is 1.22. The van der Waals surface area contributed by atoms with Gasteiger partial charge in [0, 0.05) is 5.92 Å². The quantitative estimate of drug-likeness (QED) is 0.208. The Bertz CT molecular complexity index is 2170. The maximum absolute atomic E-state index is 2.43. The third-order valence-corrected chi connectivity index (χ3v) is 9.58. The van der Waals surface area contributed by atoms with E-state index in [2.05, 4.69) is 129 Å². The van der Waals surface area contributed by atoms with Gasteiger partial charge in [-0.1, -0.05) is 115 Å². The largest absolute Gasteiger partial charge is 0.0795 e. The van der Waals surface area contributed by atoms with E-state index >= 15 is 0 Å². The van der Waals surface area contributed by atoms with Crippen LogP contribution in [0, 0.1) is 19.8 Å². The summed E-state index contributed by atoms with van der Waals surface area (Å²) in [6.07, 6.45) is 19.7. The van der Waals surface area contributed by atoms with Gasteiger partial charge in [0.2, 0.25) is 0 Å². The third kappa shape index (κ3) is 2.91. The lowest BCUT2D eigenvalue weighted by Gasteiger charge is -2.37. The van der Waals surface area contributed by atoms with Gasteiger partial charge >= 0.3 is 0 Å². The fourth-order valence-corrected chi connectivity index (χ4v) is 7.71. The molecule has 0 saturated carbocycles. The molecule has 0 fully saturated rings. The molecule has 0 nitrogen and oxygen atoms in total. The molecule has 5 aromatic carbocycles. The van der Waals surface area contributed by atoms with Crippen molar-refractivity contribution in [1.29, 1.82) is 0 Å². The second-order valence-corrected chi connectivity index (χ2v) is 11.8. The number of hydrogen-bond acceptors (Lipinski definition) is 0. The minimum absolute atomic E-state index is 0.349. The highest BCUT2D eigenvalue weighted by molar-refractivity contribution is 6.25. The van der Waals surface area contributed by atoms with Gasteiger partial charge in [-0.3, -0.25) is 0 Å². The van der Waals surface area contributed by atoms with Crippen LogP contribution in [0.4, 0.5) is 0 Å². The van der Waals surface area contributed by atoms with Gasteiger partial charge in [0.25, 0.3) is 0 Å². The van der Waals surface area contributed by atoms with Gasteiger partial charge in [0.05, 0.1) is 0 Å². The summed E-state index contributed by atoms with van der Waals surface area (Å²) in [5.41, 5.74) is 15.2. The van der Waals surface area contributed by atoms with Crippen LogP contribution >= 0.6 is 0 Å². The molecule has 0 radical (unpaired) electrons. The fourth-order valence-electron chi connectivity index (χ4n) is 7.71. The van der Waals surface area contributed by atoms with Crippen molar-refractivity contribution in [2.75, 3.05) is 0 Å². The molecule has 188 valence electrons. The second kappa shape index (κ2) is 7.93. The molecule has 9 rings (SSSR count). The Labute approximate surface area is 234 Å². The van der Waals surface area contributed by atoms with Crippen molar-refractivity contribution >= 4 is 37.9 Å². The standard InChI is InChI=1S/C40H28/c1-23-21-36(32-18-14-30-12-10-26-6-4-8-28-16-20-34(32)40(30)38(26)28)24(2)22-35(23)31-17-13-29-11-9-25-5-3-7-27-15-19-33(31)39(29)37(25)27/h3-5,7-22,40H,6H2,1-2H3. The predicted molar refractivity (Wildman–Crippen MR) is 171 cm³/mol. The summed E-state index contributed by atoms with van der Waals surface area (Å²) < 4.78 is 0. The molecule has 5 aromatic rings. The van der Waals surface area contributed by atoms with Crippen LogP contribution < -0.4 is 0 Å². The molecule has 0 heteroatoms. The van der Waals surface area contributed by atoms with Crippen molar-refractivity contribution in [3.63, 3.8) is 0 Å². The molecule has 0 amide bonds. The summed E-state index contributed by atoms with van der Waals surface area (Å²) in [6.45, 7) is 4.57. The van der Waals surface area contributed by atoms with Crippen molar-refractivity contribution in [3.8, 4) is 11.1 Å². The lowest BCUT2D eigenvalue weighted by molar-refractivity contribution is 0.842. The minimum atomic E-state index is 0.349. The monoisotopic (exact) mass is 508 g/mol. The molecule has 0 spiro atoms. The Morgan fingerprint density at radius 2 is 1.38 bits per heavy atom. The van der Waals surface area contributed by atoms with Crippen LogP contribution in [0.15, 0.2) is 143 Å². The summed E-state index contributed by atoms with van der Waals surface area (Å²) in [6, 6.07) is 25.3. The van der Waals surface area contributed by atoms with Crippen LogP contribution in [0.3, 0.4) is 0 Å². The summed E-state index contributed by atoms with van der Waals surface area (Å²) in [5, 5.41) is 8.05. The van der Waals surface area contributed by atoms with Gasteiger partial charge in [0.1, 0.15) is 0 Å². The molecule has 4 aliphatic carbocycles. The zero-order chi connectivity index (χ0) is 26.5. The molecule has 0 aromatic heterocycles. The number of benzene rings is 5. The highest BCUT2D eigenvalue weighted by Gasteiger charge is 2.35. The van der Waals surface area contributed by atoms with E-state index in [0.29, 0.717) is 5.92 Å². The molecule has 1 unspecified atom stereocenters. The molecular formula is C40H28. The Hall–Kier alpha value is -4.68. The zero-order valence-corrected chi connectivity index (χ0v) is 22.8. The first-order chi connectivity index (χ1) is 19.7. The van der Waals surface area contributed by atoms with Gasteiger partial charge < -0.3 is 0 Å². The van der Waals surface area contributed by atoms with E-state index in [9.17, 15) is 0 Å². The molecule has 0 N–H and O–H groups in total. The maximum Gasteiger partial charge on any atom is 0.0354 e. The average Bonchev–Trinajstić information content (AvgIpc) is 3.00. The van der Waals surface area contributed by atoms with Crippen molar-refractivity contribution < 1.29 is 0 Å². The van der Waals surface area contributed by atoms with Crippen molar-refractivity contribution in [1.82, 2.24) is 0 Å². The molecule has 0 aliphatic heterocycles. The van der Waals surface area contributed by atoms with E-state index in [1.807, 2.05) is 0 Å². The maximum atomic E-state index is 2.43. The van der Waals surface area contributed by atoms with Crippen LogP contribution in [0.1, 0.15) is 23.1 Å². The number of rotatable bonds is 2. The van der Waals surface area contributed by atoms with Gasteiger partial charge in [0.15, 0.2) is 0 Å². The lowest BCUT2D eigenvalue weighted by Crippen LogP contribution is -2.22. The zero-order valence-electron chi connectivity index (χ0n) is 22.8. The third-order valence-electron chi connectivity index (χ3n) is 9.58. The van der Waals surface area contributed by atoms with Crippen LogP contribution in [0.5, 0.6) is 0 Å². The second-order valence-electron chi connectivity index (χ2n) is 11.8. The van der Waals surface area contributed by atoms with Gasteiger partial charge in [-0.15, -0.1) is 0 Å². The molecule has 0 heterocycles. The van der Waals surface area contributed by atoms with Crippen molar-refractivity contribution in [2.45, 2.75) is 20.3 Å². The topological polar surface area (TPSA) is 0 Å². The number of allylic oxidation sites excluding steroid dienone is 14. The van der Waals surface area contributed by atoms with E-state index < -0.39 is 0 Å². The Morgan fingerprint density at radius 3 is 2.25 bits per heavy atom. The van der Waals surface area contributed by atoms with Crippen LogP contribution in [-0.4, -0.2) is 0 Å². The molecule has 1 atom stereocenters. The van der Waals surface area contributed by atoms with E-state index in [4.69, 9.17) is 0 Å². The van der Waals surface area contributed by atoms with Crippen LogP contribution in [0.25, 0.3) is 49.0 Å². The lowest BCUT2D eigenvalue weighted by atomic mass is 9.66. The summed E-state index contributed by atoms with van der Waals surface area (Å²) in [4.78, 5) is 0. The summed E-state index contributed by atoms with van der Waals surface area (Å²) in [5.74, 6) is 0.349. The first-order valence-corrected chi connectivity index (χ1v) is 14.4. The molecule has 4 aliphatic rings. The highest BCUT2D eigenvalue weighted by atomic mass is 14.4. The van der Waals surface area contributed by atoms with E-state index in [1.165, 1.54) is 93.6 Å². The predicted octanol–water partition coefficient (Wildman–Crippen LogP) is 10.5. The molecule has 0 bridgehead atoms. The van der Waals surface area contributed by atoms with Crippen molar-refractivity contribution in [2.24, 2.45) is 5.92 Å². The van der Waals surface area contributed by atoms with Crippen LogP contribution in [-0.2, 0) is 0 Å². The van der Waals surface area contributed by atoms with E-state index in [-0.39, 0.29) is 0 Å². The summed E-state index contributed by atoms with van der Waals surface area (Å²) in [7, 11) is 0. The van der Waals surface area contributed by atoms with Gasteiger partial charge in [-0.05, 0) is 114 Å². The highest BCUT2D eigenvalue weighted by Crippen LogP contribution is 2.51. The average molecular weight is 509 g/mol. The SMILES string of the molecule is Cc1cc(-c2ccc3ccc4cccc5ccc2c3c45)c(C)cc1C1=CC=C2C=CC3=C4C(=CC=C1C24)C=CC3. The van der Waals surface area contributed by atoms with Crippen LogP contribution in [0.2, 0.25) is 0 Å². The van der Waals surface area contributed by atoms with Gasteiger partial charge in [-0.2, -0.15) is 0 Å². The molecule has 40 heavy (non-hydrogen) atoms.